The Bertz CT molecular complexity index is 869. The Hall–Kier alpha value is -1.42. The summed E-state index contributed by atoms with van der Waals surface area (Å²) >= 11 is 16.8. The Labute approximate surface area is 172 Å². The van der Waals surface area contributed by atoms with Crippen LogP contribution in [0.1, 0.15) is 13.8 Å². The quantitative estimate of drug-likeness (QED) is 0.633. The van der Waals surface area contributed by atoms with E-state index in [1.54, 1.807) is 26.1 Å². The van der Waals surface area contributed by atoms with E-state index in [1.807, 2.05) is 0 Å². The van der Waals surface area contributed by atoms with Gasteiger partial charge in [-0.1, -0.05) is 23.2 Å². The molecule has 1 fully saturated rings. The first kappa shape index (κ1) is 19.3. The van der Waals surface area contributed by atoms with Gasteiger partial charge < -0.3 is 10.2 Å². The highest BCUT2D eigenvalue weighted by molar-refractivity contribution is 9.10. The molecule has 2 aromatic rings. The number of carbonyl (C=O) groups is 2. The molecule has 1 saturated heterocycles. The first-order chi connectivity index (χ1) is 12.2. The van der Waals surface area contributed by atoms with E-state index in [9.17, 15) is 9.59 Å². The summed E-state index contributed by atoms with van der Waals surface area (Å²) in [7, 11) is 0. The molecule has 0 bridgehead atoms. The topological polar surface area (TPSA) is 87.2 Å². The molecule has 2 aromatic heterocycles. The average Bonchev–Trinajstić information content (AvgIpc) is 2.99. The summed E-state index contributed by atoms with van der Waals surface area (Å²) in [6, 6.07) is 1.34. The molecule has 3 amide bonds. The highest BCUT2D eigenvalue weighted by Crippen LogP contribution is 2.39. The maximum atomic E-state index is 11.9. The Balaban J connectivity index is 1.70. The van der Waals surface area contributed by atoms with Gasteiger partial charge in [0.2, 0.25) is 5.95 Å². The summed E-state index contributed by atoms with van der Waals surface area (Å²) in [5, 5.41) is 5.85. The average molecular weight is 479 g/mol. The molecule has 0 atom stereocenters. The summed E-state index contributed by atoms with van der Waals surface area (Å²) in [4.78, 5) is 34.6. The van der Waals surface area contributed by atoms with Crippen molar-refractivity contribution < 1.29 is 9.59 Å². The standard InChI is InChI=1S/C15H14BrCl2N5O2S/c1-15(2)12(24)22-14(25)23(15)4-3-19-13-20-6-7(16)10(21-13)9-5-8(17)11(18)26-9/h5-6H,3-4H2,1-2H3,(H,19,20,21)(H,22,24,25). The lowest BCUT2D eigenvalue weighted by molar-refractivity contribution is -0.125. The van der Waals surface area contributed by atoms with Crippen LogP contribution in [0.4, 0.5) is 10.7 Å². The number of imide groups is 1. The Morgan fingerprint density at radius 2 is 2.12 bits per heavy atom. The number of hydrogen-bond acceptors (Lipinski definition) is 6. The van der Waals surface area contributed by atoms with Gasteiger partial charge in [0.1, 0.15) is 15.6 Å². The van der Waals surface area contributed by atoms with Gasteiger partial charge in [-0.3, -0.25) is 10.1 Å². The van der Waals surface area contributed by atoms with Crippen molar-refractivity contribution in [2.24, 2.45) is 0 Å². The van der Waals surface area contributed by atoms with Crippen molar-refractivity contribution in [3.63, 3.8) is 0 Å². The van der Waals surface area contributed by atoms with Gasteiger partial charge in [0.25, 0.3) is 5.91 Å². The summed E-state index contributed by atoms with van der Waals surface area (Å²) in [5.74, 6) is 0.0868. The zero-order chi connectivity index (χ0) is 19.1. The molecule has 3 rings (SSSR count). The van der Waals surface area contributed by atoms with Crippen LogP contribution < -0.4 is 10.6 Å². The summed E-state index contributed by atoms with van der Waals surface area (Å²) in [5.41, 5.74) is -0.217. The molecule has 7 nitrogen and oxygen atoms in total. The van der Waals surface area contributed by atoms with Crippen LogP contribution >= 0.6 is 50.5 Å². The lowest BCUT2D eigenvalue weighted by Gasteiger charge is -2.27. The lowest BCUT2D eigenvalue weighted by atomic mass is 10.0. The maximum Gasteiger partial charge on any atom is 0.325 e. The number of nitrogens with zero attached hydrogens (tertiary/aromatic N) is 3. The molecule has 0 aromatic carbocycles. The highest BCUT2D eigenvalue weighted by atomic mass is 79.9. The minimum atomic E-state index is -0.880. The van der Waals surface area contributed by atoms with E-state index in [2.05, 4.69) is 36.5 Å². The molecule has 1 aliphatic heterocycles. The highest BCUT2D eigenvalue weighted by Gasteiger charge is 2.44. The van der Waals surface area contributed by atoms with Crippen molar-refractivity contribution in [2.75, 3.05) is 18.4 Å². The minimum Gasteiger partial charge on any atom is -0.352 e. The Morgan fingerprint density at radius 3 is 2.69 bits per heavy atom. The minimum absolute atomic E-state index is 0.309. The molecule has 1 aliphatic rings. The van der Waals surface area contributed by atoms with Crippen molar-refractivity contribution in [1.29, 1.82) is 0 Å². The zero-order valence-electron chi connectivity index (χ0n) is 13.8. The van der Waals surface area contributed by atoms with Crippen molar-refractivity contribution >= 4 is 68.4 Å². The molecule has 0 radical (unpaired) electrons. The Kier molecular flexibility index (Phi) is 5.43. The molecule has 138 valence electrons. The largest absolute Gasteiger partial charge is 0.352 e. The van der Waals surface area contributed by atoms with E-state index in [0.29, 0.717) is 38.6 Å². The van der Waals surface area contributed by atoms with Gasteiger partial charge in [-0.2, -0.15) is 0 Å². The van der Waals surface area contributed by atoms with E-state index in [1.165, 1.54) is 16.2 Å². The van der Waals surface area contributed by atoms with Crippen molar-refractivity contribution in [1.82, 2.24) is 20.2 Å². The fourth-order valence-electron chi connectivity index (χ4n) is 2.44. The fourth-order valence-corrected chi connectivity index (χ4v) is 4.35. The smallest absolute Gasteiger partial charge is 0.325 e. The number of nitrogens with one attached hydrogen (secondary N) is 2. The van der Waals surface area contributed by atoms with Crippen molar-refractivity contribution in [3.05, 3.63) is 26.1 Å². The number of anilines is 1. The number of hydrogen-bond donors (Lipinski definition) is 2. The molecule has 0 saturated carbocycles. The van der Waals surface area contributed by atoms with E-state index < -0.39 is 11.6 Å². The van der Waals surface area contributed by atoms with Gasteiger partial charge in [-0.05, 0) is 35.8 Å². The number of halogens is 3. The summed E-state index contributed by atoms with van der Waals surface area (Å²) < 4.78 is 1.21. The van der Waals surface area contributed by atoms with Crippen LogP contribution in [0.3, 0.4) is 0 Å². The van der Waals surface area contributed by atoms with Crippen LogP contribution in [-0.4, -0.2) is 45.4 Å². The monoisotopic (exact) mass is 477 g/mol. The second kappa shape index (κ2) is 7.30. The number of aromatic nitrogens is 2. The van der Waals surface area contributed by atoms with Gasteiger partial charge >= 0.3 is 6.03 Å². The predicted molar refractivity (Wildman–Crippen MR) is 106 cm³/mol. The van der Waals surface area contributed by atoms with E-state index in [-0.39, 0.29) is 5.91 Å². The van der Waals surface area contributed by atoms with Crippen LogP contribution in [-0.2, 0) is 4.79 Å². The molecule has 0 unspecified atom stereocenters. The third-order valence-electron chi connectivity index (χ3n) is 3.94. The summed E-state index contributed by atoms with van der Waals surface area (Å²) in [6.45, 7) is 4.12. The van der Waals surface area contributed by atoms with Crippen LogP contribution in [0.2, 0.25) is 9.36 Å². The number of amides is 3. The molecule has 11 heteroatoms. The Morgan fingerprint density at radius 1 is 1.38 bits per heavy atom. The van der Waals surface area contributed by atoms with E-state index >= 15 is 0 Å². The molecule has 2 N–H and O–H groups in total. The number of urea groups is 1. The number of rotatable bonds is 5. The SMILES string of the molecule is CC1(C)C(=O)NC(=O)N1CCNc1ncc(Br)c(-c2cc(Cl)c(Cl)s2)n1. The van der Waals surface area contributed by atoms with Gasteiger partial charge in [0, 0.05) is 19.3 Å². The van der Waals surface area contributed by atoms with Crippen molar-refractivity contribution in [3.8, 4) is 10.6 Å². The first-order valence-electron chi connectivity index (χ1n) is 7.55. The van der Waals surface area contributed by atoms with Gasteiger partial charge in [-0.25, -0.2) is 14.8 Å². The van der Waals surface area contributed by atoms with Crippen LogP contribution in [0.25, 0.3) is 10.6 Å². The molecular weight excluding hydrogens is 465 g/mol. The van der Waals surface area contributed by atoms with Gasteiger partial charge in [0.05, 0.1) is 14.4 Å². The second-order valence-corrected chi connectivity index (χ2v) is 8.93. The third-order valence-corrected chi connectivity index (χ3v) is 6.39. The second-order valence-electron chi connectivity index (χ2n) is 6.02. The number of thiophene rings is 1. The van der Waals surface area contributed by atoms with E-state index in [4.69, 9.17) is 23.2 Å². The fraction of sp³-hybridized carbons (Fsp3) is 0.333. The summed E-state index contributed by atoms with van der Waals surface area (Å²) in [6.07, 6.45) is 1.63. The molecule has 0 aliphatic carbocycles. The van der Waals surface area contributed by atoms with Crippen molar-refractivity contribution in [2.45, 2.75) is 19.4 Å². The van der Waals surface area contributed by atoms with Crippen LogP contribution in [0.5, 0.6) is 0 Å². The maximum absolute atomic E-state index is 11.9. The van der Waals surface area contributed by atoms with E-state index in [0.717, 1.165) is 4.88 Å². The lowest BCUT2D eigenvalue weighted by Crippen LogP contribution is -2.46. The molecule has 0 spiro atoms. The van der Waals surface area contributed by atoms with Crippen LogP contribution in [0.15, 0.2) is 16.7 Å². The third kappa shape index (κ3) is 3.66. The molecule has 3 heterocycles. The molecule has 26 heavy (non-hydrogen) atoms. The van der Waals surface area contributed by atoms with Gasteiger partial charge in [-0.15, -0.1) is 11.3 Å². The van der Waals surface area contributed by atoms with Crippen LogP contribution in [0, 0.1) is 0 Å². The number of carbonyl (C=O) groups excluding carboxylic acids is 2. The molecular formula is C15H14BrCl2N5O2S. The predicted octanol–water partition coefficient (Wildman–Crippen LogP) is 4.02. The zero-order valence-corrected chi connectivity index (χ0v) is 17.7. The first-order valence-corrected chi connectivity index (χ1v) is 9.91. The van der Waals surface area contributed by atoms with Gasteiger partial charge in [0.15, 0.2) is 0 Å². The normalized spacial score (nSPS) is 16.1.